The van der Waals surface area contributed by atoms with Crippen LogP contribution < -0.4 is 5.73 Å². The molecule has 0 amide bonds. The highest BCUT2D eigenvalue weighted by atomic mass is 14.7. The second-order valence-electron chi connectivity index (χ2n) is 4.39. The third-order valence-electron chi connectivity index (χ3n) is 3.39. The smallest absolute Gasteiger partial charge is 0.0115 e. The molecule has 1 nitrogen and oxygen atoms in total. The molecule has 0 heterocycles. The first kappa shape index (κ1) is 7.57. The van der Waals surface area contributed by atoms with Gasteiger partial charge in [-0.05, 0) is 42.4 Å². The van der Waals surface area contributed by atoms with Crippen LogP contribution >= 0.6 is 0 Å². The number of nitrogens with two attached hydrogens (primary N) is 1. The summed E-state index contributed by atoms with van der Waals surface area (Å²) >= 11 is 0. The summed E-state index contributed by atoms with van der Waals surface area (Å²) in [5.74, 6) is 0.672. The number of benzene rings is 1. The van der Waals surface area contributed by atoms with Gasteiger partial charge in [-0.2, -0.15) is 0 Å². The van der Waals surface area contributed by atoms with E-state index in [4.69, 9.17) is 5.73 Å². The first-order chi connectivity index (χ1) is 6.34. The van der Waals surface area contributed by atoms with Crippen molar-refractivity contribution in [3.63, 3.8) is 0 Å². The number of fused-ring (bicyclic) bond motifs is 1. The summed E-state index contributed by atoms with van der Waals surface area (Å²) in [6, 6.07) is 7.42. The fourth-order valence-electron chi connectivity index (χ4n) is 2.42. The Morgan fingerprint density at radius 2 is 1.92 bits per heavy atom. The summed E-state index contributed by atoms with van der Waals surface area (Å²) in [6.07, 6.45) is 5.10. The van der Waals surface area contributed by atoms with E-state index in [-0.39, 0.29) is 0 Å². The molecule has 0 radical (unpaired) electrons. The van der Waals surface area contributed by atoms with Gasteiger partial charge in [-0.15, -0.1) is 0 Å². The van der Waals surface area contributed by atoms with Gasteiger partial charge >= 0.3 is 0 Å². The average molecular weight is 173 g/mol. The Morgan fingerprint density at radius 3 is 2.69 bits per heavy atom. The molecular weight excluding hydrogens is 158 g/mol. The molecular formula is C12H15N. The van der Waals surface area contributed by atoms with Gasteiger partial charge in [0.25, 0.3) is 0 Å². The van der Waals surface area contributed by atoms with E-state index >= 15 is 0 Å². The molecule has 2 aliphatic carbocycles. The monoisotopic (exact) mass is 173 g/mol. The van der Waals surface area contributed by atoms with Crippen molar-refractivity contribution in [1.82, 2.24) is 0 Å². The summed E-state index contributed by atoms with van der Waals surface area (Å²) in [7, 11) is 0. The lowest BCUT2D eigenvalue weighted by atomic mass is 10.0. The van der Waals surface area contributed by atoms with E-state index in [1.54, 1.807) is 11.1 Å². The molecule has 0 aliphatic heterocycles. The molecule has 3 rings (SSSR count). The van der Waals surface area contributed by atoms with Gasteiger partial charge in [-0.3, -0.25) is 0 Å². The molecule has 2 aliphatic rings. The van der Waals surface area contributed by atoms with Gasteiger partial charge in [0.05, 0.1) is 0 Å². The highest BCUT2D eigenvalue weighted by molar-refractivity contribution is 5.39. The molecule has 2 atom stereocenters. The lowest BCUT2D eigenvalue weighted by molar-refractivity contribution is 0.911. The van der Waals surface area contributed by atoms with Crippen molar-refractivity contribution in [2.24, 2.45) is 5.73 Å². The van der Waals surface area contributed by atoms with Crippen molar-refractivity contribution in [3.05, 3.63) is 34.9 Å². The number of aryl methyl sites for hydroxylation is 2. The first-order valence-corrected chi connectivity index (χ1v) is 5.22. The zero-order chi connectivity index (χ0) is 8.84. The van der Waals surface area contributed by atoms with Crippen LogP contribution in [0.2, 0.25) is 0 Å². The maximum Gasteiger partial charge on any atom is 0.0115 e. The van der Waals surface area contributed by atoms with E-state index in [0.717, 1.165) is 0 Å². The van der Waals surface area contributed by atoms with Gasteiger partial charge in [0.1, 0.15) is 0 Å². The second kappa shape index (κ2) is 2.58. The predicted octanol–water partition coefficient (Wildman–Crippen LogP) is 1.99. The molecule has 1 saturated carbocycles. The minimum Gasteiger partial charge on any atom is -0.327 e. The topological polar surface area (TPSA) is 26.0 Å². The maximum atomic E-state index is 5.84. The number of hydrogen-bond donors (Lipinski definition) is 1. The molecule has 2 N–H and O–H groups in total. The average Bonchev–Trinajstić information content (AvgIpc) is 2.70. The largest absolute Gasteiger partial charge is 0.327 e. The van der Waals surface area contributed by atoms with Gasteiger partial charge in [0, 0.05) is 12.0 Å². The highest BCUT2D eigenvalue weighted by Gasteiger charge is 2.35. The molecule has 13 heavy (non-hydrogen) atoms. The Balaban J connectivity index is 1.96. The van der Waals surface area contributed by atoms with Gasteiger partial charge < -0.3 is 5.73 Å². The molecule has 1 aromatic rings. The van der Waals surface area contributed by atoms with E-state index in [9.17, 15) is 0 Å². The van der Waals surface area contributed by atoms with Crippen LogP contribution in [0.4, 0.5) is 0 Å². The fraction of sp³-hybridized carbons (Fsp3) is 0.500. The Labute approximate surface area is 78.9 Å². The fourth-order valence-corrected chi connectivity index (χ4v) is 2.42. The quantitative estimate of drug-likeness (QED) is 0.690. The summed E-state index contributed by atoms with van der Waals surface area (Å²) < 4.78 is 0. The van der Waals surface area contributed by atoms with Crippen molar-refractivity contribution >= 4 is 0 Å². The Bertz CT molecular complexity index is 343. The predicted molar refractivity (Wildman–Crippen MR) is 53.8 cm³/mol. The molecule has 1 aromatic carbocycles. The molecule has 0 aromatic heterocycles. The molecule has 0 bridgehead atoms. The number of rotatable bonds is 1. The van der Waals surface area contributed by atoms with Gasteiger partial charge in [0.15, 0.2) is 0 Å². The Kier molecular flexibility index (Phi) is 1.50. The minimum atomic E-state index is 0.444. The van der Waals surface area contributed by atoms with E-state index in [0.29, 0.717) is 12.0 Å². The summed E-state index contributed by atoms with van der Waals surface area (Å²) in [4.78, 5) is 0. The van der Waals surface area contributed by atoms with Crippen LogP contribution in [0.3, 0.4) is 0 Å². The van der Waals surface area contributed by atoms with Crippen molar-refractivity contribution < 1.29 is 0 Å². The van der Waals surface area contributed by atoms with Gasteiger partial charge in [0.2, 0.25) is 0 Å². The van der Waals surface area contributed by atoms with E-state index < -0.39 is 0 Å². The lowest BCUT2D eigenvalue weighted by Crippen LogP contribution is -2.01. The number of hydrogen-bond acceptors (Lipinski definition) is 1. The second-order valence-corrected chi connectivity index (χ2v) is 4.39. The summed E-state index contributed by atoms with van der Waals surface area (Å²) in [5, 5.41) is 0. The van der Waals surface area contributed by atoms with E-state index in [1.807, 2.05) is 0 Å². The third-order valence-corrected chi connectivity index (χ3v) is 3.39. The van der Waals surface area contributed by atoms with Crippen LogP contribution in [0.1, 0.15) is 35.4 Å². The molecule has 2 unspecified atom stereocenters. The third kappa shape index (κ3) is 1.19. The van der Waals surface area contributed by atoms with Crippen LogP contribution in [0, 0.1) is 0 Å². The Hall–Kier alpha value is -0.820. The van der Waals surface area contributed by atoms with Crippen LogP contribution in [0.25, 0.3) is 0 Å². The molecule has 68 valence electrons. The molecule has 0 spiro atoms. The first-order valence-electron chi connectivity index (χ1n) is 5.22. The maximum absolute atomic E-state index is 5.84. The zero-order valence-corrected chi connectivity index (χ0v) is 7.79. The molecule has 1 fully saturated rings. The van der Waals surface area contributed by atoms with Crippen molar-refractivity contribution in [3.8, 4) is 0 Å². The van der Waals surface area contributed by atoms with Gasteiger partial charge in [-0.1, -0.05) is 18.2 Å². The van der Waals surface area contributed by atoms with Gasteiger partial charge in [-0.25, -0.2) is 0 Å². The van der Waals surface area contributed by atoms with E-state index in [2.05, 4.69) is 18.2 Å². The standard InChI is InChI=1S/C12H15N/c13-12-7-11(12)10-5-4-8-2-1-3-9(8)6-10/h4-6,11-12H,1-3,7,13H2. The highest BCUT2D eigenvalue weighted by Crippen LogP contribution is 2.40. The van der Waals surface area contributed by atoms with Crippen LogP contribution in [-0.2, 0) is 12.8 Å². The zero-order valence-electron chi connectivity index (χ0n) is 7.79. The summed E-state index contributed by atoms with van der Waals surface area (Å²) in [6.45, 7) is 0. The SMILES string of the molecule is NC1CC1c1ccc2c(c1)CCC2. The van der Waals surface area contributed by atoms with Crippen molar-refractivity contribution in [2.75, 3.05) is 0 Å². The minimum absolute atomic E-state index is 0.444. The van der Waals surface area contributed by atoms with Crippen molar-refractivity contribution in [1.29, 1.82) is 0 Å². The Morgan fingerprint density at radius 1 is 1.15 bits per heavy atom. The van der Waals surface area contributed by atoms with Crippen LogP contribution in [0.15, 0.2) is 18.2 Å². The van der Waals surface area contributed by atoms with Crippen molar-refractivity contribution in [2.45, 2.75) is 37.6 Å². The van der Waals surface area contributed by atoms with E-state index in [1.165, 1.54) is 31.2 Å². The van der Waals surface area contributed by atoms with Crippen LogP contribution in [-0.4, -0.2) is 6.04 Å². The lowest BCUT2D eigenvalue weighted by Gasteiger charge is -2.03. The van der Waals surface area contributed by atoms with Crippen LogP contribution in [0.5, 0.6) is 0 Å². The molecule has 0 saturated heterocycles. The molecule has 1 heteroatoms. The normalized spacial score (nSPS) is 30.2. The summed E-state index contributed by atoms with van der Waals surface area (Å²) in [5.41, 5.74) is 10.5.